The first-order valence-electron chi connectivity index (χ1n) is 5.97. The highest BCUT2D eigenvalue weighted by molar-refractivity contribution is 4.91. The average Bonchev–Trinajstić information content (AvgIpc) is 2.95. The molecule has 0 aromatic carbocycles. The molecule has 1 saturated carbocycles. The van der Waals surface area contributed by atoms with E-state index in [1.807, 2.05) is 0 Å². The predicted molar refractivity (Wildman–Crippen MR) is 59.2 cm³/mol. The van der Waals surface area contributed by atoms with E-state index >= 15 is 0 Å². The van der Waals surface area contributed by atoms with E-state index in [1.54, 1.807) is 0 Å². The van der Waals surface area contributed by atoms with Crippen LogP contribution in [0.1, 0.15) is 26.2 Å². The number of nitrogens with zero attached hydrogens (tertiary/aromatic N) is 1. The topological polar surface area (TPSA) is 41.3 Å². The lowest BCUT2D eigenvalue weighted by Crippen LogP contribution is -2.37. The Bertz CT molecular complexity index is 179. The lowest BCUT2D eigenvalue weighted by atomic mass is 10.1. The Morgan fingerprint density at radius 1 is 1.43 bits per heavy atom. The molecule has 2 rings (SSSR count). The van der Waals surface area contributed by atoms with Gasteiger partial charge >= 0.3 is 0 Å². The van der Waals surface area contributed by atoms with Crippen molar-refractivity contribution in [3.8, 4) is 0 Å². The Morgan fingerprint density at radius 2 is 2.21 bits per heavy atom. The maximum Gasteiger partial charge on any atom is 0.0207 e. The van der Waals surface area contributed by atoms with Gasteiger partial charge in [-0.15, -0.1) is 0 Å². The van der Waals surface area contributed by atoms with Crippen LogP contribution in [0.25, 0.3) is 0 Å². The second-order valence-corrected chi connectivity index (χ2v) is 4.96. The van der Waals surface area contributed by atoms with Gasteiger partial charge in [0.1, 0.15) is 0 Å². The van der Waals surface area contributed by atoms with Gasteiger partial charge in [0.25, 0.3) is 0 Å². The van der Waals surface area contributed by atoms with Gasteiger partial charge in [-0.25, -0.2) is 0 Å². The van der Waals surface area contributed by atoms with Crippen LogP contribution in [0.4, 0.5) is 0 Å². The van der Waals surface area contributed by atoms with E-state index in [4.69, 9.17) is 5.73 Å². The maximum atomic E-state index is 5.59. The zero-order valence-corrected chi connectivity index (χ0v) is 9.21. The molecule has 2 unspecified atom stereocenters. The summed E-state index contributed by atoms with van der Waals surface area (Å²) in [5.41, 5.74) is 5.59. The molecule has 1 saturated heterocycles. The van der Waals surface area contributed by atoms with Crippen molar-refractivity contribution in [3.05, 3.63) is 0 Å². The summed E-state index contributed by atoms with van der Waals surface area (Å²) >= 11 is 0. The Kier molecular flexibility index (Phi) is 3.42. The standard InChI is InChI=1S/C11H23N3/c1-9(6-12)7-13-10-4-5-14(8-10)11-2-3-11/h9-11,13H,2-8,12H2,1H3. The molecule has 0 aromatic rings. The molecule has 82 valence electrons. The summed E-state index contributed by atoms with van der Waals surface area (Å²) < 4.78 is 0. The molecule has 3 N–H and O–H groups in total. The minimum absolute atomic E-state index is 0.616. The highest BCUT2D eigenvalue weighted by Gasteiger charge is 2.33. The van der Waals surface area contributed by atoms with Crippen LogP contribution < -0.4 is 11.1 Å². The molecular weight excluding hydrogens is 174 g/mol. The van der Waals surface area contributed by atoms with Crippen LogP contribution >= 0.6 is 0 Å². The van der Waals surface area contributed by atoms with Crippen molar-refractivity contribution < 1.29 is 0 Å². The van der Waals surface area contributed by atoms with Crippen molar-refractivity contribution in [3.63, 3.8) is 0 Å². The lowest BCUT2D eigenvalue weighted by Gasteiger charge is -2.17. The highest BCUT2D eigenvalue weighted by atomic mass is 15.2. The molecule has 2 aliphatic rings. The highest BCUT2D eigenvalue weighted by Crippen LogP contribution is 2.29. The Hall–Kier alpha value is -0.120. The fourth-order valence-corrected chi connectivity index (χ4v) is 2.18. The van der Waals surface area contributed by atoms with Gasteiger partial charge in [-0.1, -0.05) is 6.92 Å². The molecule has 0 aromatic heterocycles. The van der Waals surface area contributed by atoms with Crippen LogP contribution in [0, 0.1) is 5.92 Å². The van der Waals surface area contributed by atoms with E-state index in [0.29, 0.717) is 5.92 Å². The summed E-state index contributed by atoms with van der Waals surface area (Å²) in [6.07, 6.45) is 4.20. The molecule has 1 heterocycles. The zero-order valence-electron chi connectivity index (χ0n) is 9.21. The van der Waals surface area contributed by atoms with Crippen molar-refractivity contribution in [1.82, 2.24) is 10.2 Å². The first kappa shape index (κ1) is 10.4. The summed E-state index contributed by atoms with van der Waals surface area (Å²) in [7, 11) is 0. The van der Waals surface area contributed by atoms with Gasteiger partial charge in [0, 0.05) is 25.2 Å². The average molecular weight is 197 g/mol. The van der Waals surface area contributed by atoms with Gasteiger partial charge in [-0.05, 0) is 38.3 Å². The Labute approximate surface area is 87.0 Å². The van der Waals surface area contributed by atoms with Crippen molar-refractivity contribution in [2.75, 3.05) is 26.2 Å². The second-order valence-electron chi connectivity index (χ2n) is 4.96. The molecule has 1 aliphatic heterocycles. The molecule has 1 aliphatic carbocycles. The van der Waals surface area contributed by atoms with Crippen LogP contribution in [0.3, 0.4) is 0 Å². The maximum absolute atomic E-state index is 5.59. The monoisotopic (exact) mass is 197 g/mol. The smallest absolute Gasteiger partial charge is 0.0207 e. The van der Waals surface area contributed by atoms with E-state index in [1.165, 1.54) is 32.4 Å². The molecule has 2 atom stereocenters. The number of nitrogens with two attached hydrogens (primary N) is 1. The van der Waals surface area contributed by atoms with E-state index in [9.17, 15) is 0 Å². The van der Waals surface area contributed by atoms with Crippen molar-refractivity contribution >= 4 is 0 Å². The molecule has 0 radical (unpaired) electrons. The Morgan fingerprint density at radius 3 is 2.86 bits per heavy atom. The molecule has 0 amide bonds. The van der Waals surface area contributed by atoms with Crippen LogP contribution in [0.5, 0.6) is 0 Å². The number of rotatable bonds is 5. The summed E-state index contributed by atoms with van der Waals surface area (Å²) in [5, 5.41) is 3.62. The molecule has 14 heavy (non-hydrogen) atoms. The number of hydrogen-bond acceptors (Lipinski definition) is 3. The summed E-state index contributed by atoms with van der Waals surface area (Å²) in [4.78, 5) is 2.64. The summed E-state index contributed by atoms with van der Waals surface area (Å²) in [5.74, 6) is 0.616. The van der Waals surface area contributed by atoms with Gasteiger partial charge in [0.15, 0.2) is 0 Å². The fourth-order valence-electron chi connectivity index (χ4n) is 2.18. The van der Waals surface area contributed by atoms with E-state index in [-0.39, 0.29) is 0 Å². The number of nitrogens with one attached hydrogen (secondary N) is 1. The lowest BCUT2D eigenvalue weighted by molar-refractivity contribution is 0.315. The minimum Gasteiger partial charge on any atom is -0.330 e. The SMILES string of the molecule is CC(CN)CNC1CCN(C2CC2)C1. The second kappa shape index (κ2) is 4.60. The van der Waals surface area contributed by atoms with Gasteiger partial charge in [0.2, 0.25) is 0 Å². The van der Waals surface area contributed by atoms with E-state index < -0.39 is 0 Å². The molecule has 3 heteroatoms. The zero-order chi connectivity index (χ0) is 9.97. The van der Waals surface area contributed by atoms with E-state index in [0.717, 1.165) is 25.2 Å². The van der Waals surface area contributed by atoms with Crippen LogP contribution in [0.2, 0.25) is 0 Å². The number of likely N-dealkylation sites (tertiary alicyclic amines) is 1. The quantitative estimate of drug-likeness (QED) is 0.670. The largest absolute Gasteiger partial charge is 0.330 e. The third-order valence-electron chi connectivity index (χ3n) is 3.44. The molecular formula is C11H23N3. The van der Waals surface area contributed by atoms with E-state index in [2.05, 4.69) is 17.1 Å². The predicted octanol–water partition coefficient (Wildman–Crippen LogP) is 0.408. The van der Waals surface area contributed by atoms with Crippen molar-refractivity contribution in [2.24, 2.45) is 11.7 Å². The molecule has 0 spiro atoms. The van der Waals surface area contributed by atoms with Gasteiger partial charge in [-0.2, -0.15) is 0 Å². The number of hydrogen-bond donors (Lipinski definition) is 2. The third kappa shape index (κ3) is 2.69. The molecule has 2 fully saturated rings. The van der Waals surface area contributed by atoms with Crippen molar-refractivity contribution in [2.45, 2.75) is 38.3 Å². The van der Waals surface area contributed by atoms with Crippen molar-refractivity contribution in [1.29, 1.82) is 0 Å². The minimum atomic E-state index is 0.616. The van der Waals surface area contributed by atoms with Gasteiger partial charge in [0.05, 0.1) is 0 Å². The normalized spacial score (nSPS) is 30.9. The first-order chi connectivity index (χ1) is 6.79. The van der Waals surface area contributed by atoms with Crippen LogP contribution in [-0.4, -0.2) is 43.2 Å². The van der Waals surface area contributed by atoms with Gasteiger partial charge < -0.3 is 11.1 Å². The van der Waals surface area contributed by atoms with Gasteiger partial charge in [-0.3, -0.25) is 4.90 Å². The third-order valence-corrected chi connectivity index (χ3v) is 3.44. The van der Waals surface area contributed by atoms with Crippen LogP contribution in [-0.2, 0) is 0 Å². The summed E-state index contributed by atoms with van der Waals surface area (Å²) in [6.45, 7) is 6.66. The Balaban J connectivity index is 1.63. The molecule has 3 nitrogen and oxygen atoms in total. The first-order valence-corrected chi connectivity index (χ1v) is 5.97. The summed E-state index contributed by atoms with van der Waals surface area (Å²) in [6, 6.07) is 1.67. The van der Waals surface area contributed by atoms with Crippen LogP contribution in [0.15, 0.2) is 0 Å². The molecule has 0 bridgehead atoms. The fraction of sp³-hybridized carbons (Fsp3) is 1.00.